The van der Waals surface area contributed by atoms with Crippen LogP contribution in [-0.4, -0.2) is 48.3 Å². The highest BCUT2D eigenvalue weighted by Gasteiger charge is 2.20. The lowest BCUT2D eigenvalue weighted by molar-refractivity contribution is 0.0569. The van der Waals surface area contributed by atoms with Crippen LogP contribution in [0.5, 0.6) is 0 Å². The van der Waals surface area contributed by atoms with Gasteiger partial charge < -0.3 is 15.7 Å². The fourth-order valence-corrected chi connectivity index (χ4v) is 2.42. The Kier molecular flexibility index (Phi) is 4.32. The Morgan fingerprint density at radius 1 is 1.16 bits per heavy atom. The molecule has 0 atom stereocenters. The molecule has 1 aliphatic heterocycles. The number of nitrogens with zero attached hydrogens (tertiary/aromatic N) is 2. The van der Waals surface area contributed by atoms with Gasteiger partial charge in [0.15, 0.2) is 0 Å². The second-order valence-corrected chi connectivity index (χ2v) is 5.95. The number of para-hydroxylation sites is 2. The number of nitrogen functional groups attached to an aromatic ring is 1. The minimum atomic E-state index is -0.568. The van der Waals surface area contributed by atoms with Gasteiger partial charge in [0.05, 0.1) is 17.0 Å². The Labute approximate surface area is 115 Å². The van der Waals surface area contributed by atoms with Crippen molar-refractivity contribution in [2.75, 3.05) is 43.4 Å². The van der Waals surface area contributed by atoms with E-state index in [9.17, 15) is 5.11 Å². The summed E-state index contributed by atoms with van der Waals surface area (Å²) >= 11 is 0. The van der Waals surface area contributed by atoms with E-state index in [0.29, 0.717) is 0 Å². The summed E-state index contributed by atoms with van der Waals surface area (Å²) in [6, 6.07) is 8.04. The van der Waals surface area contributed by atoms with Gasteiger partial charge >= 0.3 is 0 Å². The third-order valence-corrected chi connectivity index (χ3v) is 3.69. The van der Waals surface area contributed by atoms with Crippen LogP contribution in [0.25, 0.3) is 0 Å². The van der Waals surface area contributed by atoms with Crippen LogP contribution < -0.4 is 10.6 Å². The molecule has 106 valence electrons. The molecule has 1 heterocycles. The molecule has 3 N–H and O–H groups in total. The zero-order chi connectivity index (χ0) is 13.9. The first kappa shape index (κ1) is 14.2. The van der Waals surface area contributed by atoms with Crippen LogP contribution in [0.1, 0.15) is 20.3 Å². The number of piperazine rings is 1. The Morgan fingerprint density at radius 2 is 1.79 bits per heavy atom. The van der Waals surface area contributed by atoms with Crippen LogP contribution in [0.4, 0.5) is 11.4 Å². The van der Waals surface area contributed by atoms with Crippen molar-refractivity contribution in [1.29, 1.82) is 0 Å². The molecule has 4 heteroatoms. The topological polar surface area (TPSA) is 52.7 Å². The molecule has 1 aromatic rings. The van der Waals surface area contributed by atoms with Crippen LogP contribution in [0.2, 0.25) is 0 Å². The van der Waals surface area contributed by atoms with Gasteiger partial charge in [-0.05, 0) is 32.4 Å². The highest BCUT2D eigenvalue weighted by atomic mass is 16.3. The predicted molar refractivity (Wildman–Crippen MR) is 80.4 cm³/mol. The van der Waals surface area contributed by atoms with Crippen LogP contribution >= 0.6 is 0 Å². The third kappa shape index (κ3) is 4.11. The largest absolute Gasteiger partial charge is 0.397 e. The Hall–Kier alpha value is -1.26. The number of anilines is 2. The molecular formula is C15H25N3O. The summed E-state index contributed by atoms with van der Waals surface area (Å²) in [5.41, 5.74) is 7.44. The molecule has 0 radical (unpaired) electrons. The molecule has 0 aromatic heterocycles. The van der Waals surface area contributed by atoms with Crippen molar-refractivity contribution in [2.24, 2.45) is 0 Å². The first-order chi connectivity index (χ1) is 8.96. The summed E-state index contributed by atoms with van der Waals surface area (Å²) in [5.74, 6) is 0. The minimum absolute atomic E-state index is 0.568. The molecule has 1 aliphatic rings. The van der Waals surface area contributed by atoms with E-state index >= 15 is 0 Å². The molecule has 1 fully saturated rings. The van der Waals surface area contributed by atoms with Gasteiger partial charge in [-0.25, -0.2) is 0 Å². The molecule has 0 amide bonds. The summed E-state index contributed by atoms with van der Waals surface area (Å²) in [6.07, 6.45) is 0.820. The zero-order valence-corrected chi connectivity index (χ0v) is 12.0. The van der Waals surface area contributed by atoms with Gasteiger partial charge in [0.25, 0.3) is 0 Å². The Morgan fingerprint density at radius 3 is 2.37 bits per heavy atom. The van der Waals surface area contributed by atoms with Crippen molar-refractivity contribution >= 4 is 11.4 Å². The summed E-state index contributed by atoms with van der Waals surface area (Å²) in [7, 11) is 0. The number of benzene rings is 1. The summed E-state index contributed by atoms with van der Waals surface area (Å²) in [6.45, 7) is 8.76. The first-order valence-electron chi connectivity index (χ1n) is 7.00. The third-order valence-electron chi connectivity index (χ3n) is 3.69. The average Bonchev–Trinajstić information content (AvgIpc) is 2.37. The second-order valence-electron chi connectivity index (χ2n) is 5.95. The minimum Gasteiger partial charge on any atom is -0.397 e. The lowest BCUT2D eigenvalue weighted by atomic mass is 10.1. The number of hydrogen-bond donors (Lipinski definition) is 2. The maximum atomic E-state index is 9.76. The van der Waals surface area contributed by atoms with Crippen molar-refractivity contribution in [3.63, 3.8) is 0 Å². The number of rotatable bonds is 4. The molecule has 0 spiro atoms. The van der Waals surface area contributed by atoms with Gasteiger partial charge in [-0.1, -0.05) is 12.1 Å². The predicted octanol–water partition coefficient (Wildman–Crippen LogP) is 1.55. The standard InChI is InChI=1S/C15H25N3O/c1-15(2,19)7-8-17-9-11-18(12-10-17)14-6-4-3-5-13(14)16/h3-6,19H,7-12,16H2,1-2H3. The van der Waals surface area contributed by atoms with Gasteiger partial charge in [0.1, 0.15) is 0 Å². The van der Waals surface area contributed by atoms with E-state index in [4.69, 9.17) is 5.73 Å². The molecule has 4 nitrogen and oxygen atoms in total. The quantitative estimate of drug-likeness (QED) is 0.809. The normalized spacial score (nSPS) is 17.7. The van der Waals surface area contributed by atoms with Gasteiger partial charge in [-0.15, -0.1) is 0 Å². The lowest BCUT2D eigenvalue weighted by Crippen LogP contribution is -2.47. The number of hydrogen-bond acceptors (Lipinski definition) is 4. The van der Waals surface area contributed by atoms with E-state index in [-0.39, 0.29) is 0 Å². The molecule has 1 aromatic carbocycles. The second kappa shape index (κ2) is 5.80. The van der Waals surface area contributed by atoms with E-state index in [1.54, 1.807) is 0 Å². The molecular weight excluding hydrogens is 238 g/mol. The van der Waals surface area contributed by atoms with Gasteiger partial charge in [0.2, 0.25) is 0 Å². The first-order valence-corrected chi connectivity index (χ1v) is 7.00. The van der Waals surface area contributed by atoms with E-state index < -0.39 is 5.60 Å². The van der Waals surface area contributed by atoms with Crippen molar-refractivity contribution in [1.82, 2.24) is 4.90 Å². The smallest absolute Gasteiger partial charge is 0.0603 e. The van der Waals surface area contributed by atoms with E-state index in [0.717, 1.165) is 50.5 Å². The van der Waals surface area contributed by atoms with Crippen molar-refractivity contribution in [2.45, 2.75) is 25.9 Å². The fourth-order valence-electron chi connectivity index (χ4n) is 2.42. The zero-order valence-electron chi connectivity index (χ0n) is 12.0. The van der Waals surface area contributed by atoms with Crippen molar-refractivity contribution in [3.05, 3.63) is 24.3 Å². The van der Waals surface area contributed by atoms with Crippen LogP contribution in [0, 0.1) is 0 Å². The SMILES string of the molecule is CC(C)(O)CCN1CCN(c2ccccc2N)CC1. The van der Waals surface area contributed by atoms with Gasteiger partial charge in [0, 0.05) is 32.7 Å². The molecule has 0 saturated carbocycles. The van der Waals surface area contributed by atoms with E-state index in [2.05, 4.69) is 15.9 Å². The van der Waals surface area contributed by atoms with Gasteiger partial charge in [-0.2, -0.15) is 0 Å². The lowest BCUT2D eigenvalue weighted by Gasteiger charge is -2.37. The van der Waals surface area contributed by atoms with Crippen molar-refractivity contribution < 1.29 is 5.11 Å². The average molecular weight is 263 g/mol. The fraction of sp³-hybridized carbons (Fsp3) is 0.600. The molecule has 1 saturated heterocycles. The van der Waals surface area contributed by atoms with Crippen LogP contribution in [0.15, 0.2) is 24.3 Å². The van der Waals surface area contributed by atoms with Crippen LogP contribution in [0.3, 0.4) is 0 Å². The maximum Gasteiger partial charge on any atom is 0.0603 e. The number of nitrogens with two attached hydrogens (primary N) is 1. The van der Waals surface area contributed by atoms with Crippen LogP contribution in [-0.2, 0) is 0 Å². The Bertz CT molecular complexity index is 406. The Balaban J connectivity index is 1.84. The van der Waals surface area contributed by atoms with E-state index in [1.807, 2.05) is 32.0 Å². The molecule has 2 rings (SSSR count). The number of aliphatic hydroxyl groups is 1. The highest BCUT2D eigenvalue weighted by molar-refractivity contribution is 5.67. The molecule has 0 aliphatic carbocycles. The van der Waals surface area contributed by atoms with Gasteiger partial charge in [-0.3, -0.25) is 4.90 Å². The monoisotopic (exact) mass is 263 g/mol. The molecule has 0 unspecified atom stereocenters. The summed E-state index contributed by atoms with van der Waals surface area (Å²) in [5, 5.41) is 9.76. The highest BCUT2D eigenvalue weighted by Crippen LogP contribution is 2.23. The maximum absolute atomic E-state index is 9.76. The van der Waals surface area contributed by atoms with E-state index in [1.165, 1.54) is 0 Å². The molecule has 0 bridgehead atoms. The van der Waals surface area contributed by atoms with Crippen molar-refractivity contribution in [3.8, 4) is 0 Å². The molecule has 19 heavy (non-hydrogen) atoms. The summed E-state index contributed by atoms with van der Waals surface area (Å²) in [4.78, 5) is 4.75. The summed E-state index contributed by atoms with van der Waals surface area (Å²) < 4.78 is 0.